The van der Waals surface area contributed by atoms with Crippen LogP contribution in [-0.4, -0.2) is 59.4 Å². The van der Waals surface area contributed by atoms with E-state index >= 15 is 0 Å². The molecule has 134 valence electrons. The van der Waals surface area contributed by atoms with E-state index in [2.05, 4.69) is 16.9 Å². The molecule has 2 aliphatic heterocycles. The number of H-pyrrole nitrogens is 1. The van der Waals surface area contributed by atoms with Crippen LogP contribution in [0.4, 0.5) is 0 Å². The van der Waals surface area contributed by atoms with Crippen LogP contribution in [-0.2, 0) is 26.8 Å². The average Bonchev–Trinajstić information content (AvgIpc) is 3.02. The minimum absolute atomic E-state index is 0.177. The molecule has 1 spiro atoms. The van der Waals surface area contributed by atoms with Gasteiger partial charge in [0.15, 0.2) is 0 Å². The molecule has 0 saturated carbocycles. The van der Waals surface area contributed by atoms with Crippen molar-refractivity contribution >= 4 is 15.9 Å². The quantitative estimate of drug-likeness (QED) is 0.881. The maximum atomic E-state index is 12.4. The van der Waals surface area contributed by atoms with Crippen LogP contribution < -0.4 is 0 Å². The SMILES string of the molecule is CCCCC(=O)N1CCC2(CC1)c1nc[nH]c1CCN2S(C)(=O)=O. The number of rotatable bonds is 4. The van der Waals surface area contributed by atoms with Gasteiger partial charge in [-0.05, 0) is 19.3 Å². The number of aromatic nitrogens is 2. The van der Waals surface area contributed by atoms with Crippen LogP contribution in [0.15, 0.2) is 6.33 Å². The van der Waals surface area contributed by atoms with Gasteiger partial charge in [0.2, 0.25) is 15.9 Å². The number of fused-ring (bicyclic) bond motifs is 2. The highest BCUT2D eigenvalue weighted by Gasteiger charge is 2.50. The predicted molar refractivity (Wildman–Crippen MR) is 90.9 cm³/mol. The Labute approximate surface area is 143 Å². The zero-order chi connectivity index (χ0) is 17.4. The number of hydrogen-bond acceptors (Lipinski definition) is 4. The van der Waals surface area contributed by atoms with Gasteiger partial charge in [-0.15, -0.1) is 0 Å². The number of aromatic amines is 1. The third-order valence-electron chi connectivity index (χ3n) is 5.29. The van der Waals surface area contributed by atoms with Gasteiger partial charge in [-0.2, -0.15) is 4.31 Å². The topological polar surface area (TPSA) is 86.4 Å². The number of likely N-dealkylation sites (tertiary alicyclic amines) is 1. The lowest BCUT2D eigenvalue weighted by Crippen LogP contribution is -2.58. The molecule has 1 amide bonds. The number of amides is 1. The van der Waals surface area contributed by atoms with E-state index in [1.807, 2.05) is 4.90 Å². The summed E-state index contributed by atoms with van der Waals surface area (Å²) in [7, 11) is -3.33. The maximum Gasteiger partial charge on any atom is 0.222 e. The van der Waals surface area contributed by atoms with Crippen LogP contribution in [0.25, 0.3) is 0 Å². The second-order valence-corrected chi connectivity index (χ2v) is 8.74. The molecule has 1 fully saturated rings. The summed E-state index contributed by atoms with van der Waals surface area (Å²) in [5.41, 5.74) is 1.27. The van der Waals surface area contributed by atoms with E-state index < -0.39 is 15.6 Å². The third-order valence-corrected chi connectivity index (χ3v) is 6.62. The first-order valence-corrected chi connectivity index (χ1v) is 10.5. The fourth-order valence-electron chi connectivity index (χ4n) is 4.04. The van der Waals surface area contributed by atoms with Gasteiger partial charge in [0, 0.05) is 38.2 Å². The number of carbonyl (C=O) groups is 1. The molecule has 1 aromatic heterocycles. The predicted octanol–water partition coefficient (Wildman–Crippen LogP) is 1.24. The summed E-state index contributed by atoms with van der Waals surface area (Å²) >= 11 is 0. The van der Waals surface area contributed by atoms with E-state index in [1.165, 1.54) is 6.26 Å². The summed E-state index contributed by atoms with van der Waals surface area (Å²) in [6.45, 7) is 3.71. The molecule has 24 heavy (non-hydrogen) atoms. The Morgan fingerprint density at radius 1 is 1.33 bits per heavy atom. The molecule has 0 aromatic carbocycles. The Hall–Kier alpha value is -1.41. The summed E-state index contributed by atoms with van der Waals surface area (Å²) in [5, 5.41) is 0. The highest BCUT2D eigenvalue weighted by atomic mass is 32.2. The van der Waals surface area contributed by atoms with Crippen molar-refractivity contribution < 1.29 is 13.2 Å². The molecular formula is C16H26N4O3S. The molecule has 3 rings (SSSR count). The lowest BCUT2D eigenvalue weighted by atomic mass is 9.80. The monoisotopic (exact) mass is 354 g/mol. The lowest BCUT2D eigenvalue weighted by Gasteiger charge is -2.49. The summed E-state index contributed by atoms with van der Waals surface area (Å²) < 4.78 is 26.3. The second-order valence-electron chi connectivity index (χ2n) is 6.83. The highest BCUT2D eigenvalue weighted by Crippen LogP contribution is 2.43. The average molecular weight is 354 g/mol. The molecular weight excluding hydrogens is 328 g/mol. The van der Waals surface area contributed by atoms with Crippen molar-refractivity contribution in [3.8, 4) is 0 Å². The number of piperidine rings is 1. The minimum Gasteiger partial charge on any atom is -0.348 e. The summed E-state index contributed by atoms with van der Waals surface area (Å²) in [5.74, 6) is 0.177. The smallest absolute Gasteiger partial charge is 0.222 e. The van der Waals surface area contributed by atoms with E-state index in [-0.39, 0.29) is 5.91 Å². The molecule has 7 nitrogen and oxygen atoms in total. The van der Waals surface area contributed by atoms with Gasteiger partial charge < -0.3 is 9.88 Å². The largest absolute Gasteiger partial charge is 0.348 e. The molecule has 1 N–H and O–H groups in total. The number of nitrogens with one attached hydrogen (secondary N) is 1. The van der Waals surface area contributed by atoms with E-state index in [0.29, 0.717) is 45.3 Å². The molecule has 1 saturated heterocycles. The zero-order valence-corrected chi connectivity index (χ0v) is 15.2. The van der Waals surface area contributed by atoms with Gasteiger partial charge >= 0.3 is 0 Å². The van der Waals surface area contributed by atoms with Gasteiger partial charge in [-0.25, -0.2) is 13.4 Å². The van der Waals surface area contributed by atoms with Crippen molar-refractivity contribution in [3.63, 3.8) is 0 Å². The molecule has 0 radical (unpaired) electrons. The number of carbonyl (C=O) groups excluding carboxylic acids is 1. The van der Waals surface area contributed by atoms with E-state index in [0.717, 1.165) is 24.2 Å². The van der Waals surface area contributed by atoms with Crippen molar-refractivity contribution in [1.82, 2.24) is 19.2 Å². The molecule has 0 aliphatic carbocycles. The minimum atomic E-state index is -3.33. The molecule has 0 atom stereocenters. The highest BCUT2D eigenvalue weighted by molar-refractivity contribution is 7.88. The summed E-state index contributed by atoms with van der Waals surface area (Å²) in [6.07, 6.45) is 7.27. The zero-order valence-electron chi connectivity index (χ0n) is 14.4. The van der Waals surface area contributed by atoms with E-state index in [4.69, 9.17) is 0 Å². The fourth-order valence-corrected chi connectivity index (χ4v) is 5.37. The molecule has 0 bridgehead atoms. The first-order chi connectivity index (χ1) is 11.4. The van der Waals surface area contributed by atoms with Crippen molar-refractivity contribution in [2.75, 3.05) is 25.9 Å². The van der Waals surface area contributed by atoms with Gasteiger partial charge in [-0.1, -0.05) is 13.3 Å². The Morgan fingerprint density at radius 3 is 2.67 bits per heavy atom. The summed E-state index contributed by atoms with van der Waals surface area (Å²) in [6, 6.07) is 0. The number of imidazole rings is 1. The second kappa shape index (κ2) is 6.48. The molecule has 2 aliphatic rings. The Morgan fingerprint density at radius 2 is 2.04 bits per heavy atom. The Bertz CT molecular complexity index is 705. The van der Waals surface area contributed by atoms with Crippen LogP contribution in [0.5, 0.6) is 0 Å². The first kappa shape index (κ1) is 17.4. The maximum absolute atomic E-state index is 12.4. The Balaban J connectivity index is 1.85. The van der Waals surface area contributed by atoms with Crippen LogP contribution in [0.1, 0.15) is 50.4 Å². The van der Waals surface area contributed by atoms with Crippen LogP contribution >= 0.6 is 0 Å². The van der Waals surface area contributed by atoms with Crippen LogP contribution in [0.2, 0.25) is 0 Å². The van der Waals surface area contributed by atoms with Crippen LogP contribution in [0.3, 0.4) is 0 Å². The molecule has 8 heteroatoms. The van der Waals surface area contributed by atoms with Crippen molar-refractivity contribution in [1.29, 1.82) is 0 Å². The Kier molecular flexibility index (Phi) is 4.70. The normalized spacial score (nSPS) is 21.0. The van der Waals surface area contributed by atoms with Crippen molar-refractivity contribution in [2.45, 2.75) is 51.0 Å². The fraction of sp³-hybridized carbons (Fsp3) is 0.750. The van der Waals surface area contributed by atoms with E-state index in [9.17, 15) is 13.2 Å². The van der Waals surface area contributed by atoms with Gasteiger partial charge in [-0.3, -0.25) is 4.79 Å². The van der Waals surface area contributed by atoms with Crippen LogP contribution in [0, 0.1) is 0 Å². The number of nitrogens with zero attached hydrogens (tertiary/aromatic N) is 3. The van der Waals surface area contributed by atoms with Crippen molar-refractivity contribution in [2.24, 2.45) is 0 Å². The van der Waals surface area contributed by atoms with E-state index in [1.54, 1.807) is 10.6 Å². The van der Waals surface area contributed by atoms with Gasteiger partial charge in [0.05, 0.1) is 23.8 Å². The first-order valence-electron chi connectivity index (χ1n) is 8.67. The number of sulfonamides is 1. The summed E-state index contributed by atoms with van der Waals surface area (Å²) in [4.78, 5) is 21.8. The molecule has 0 unspecified atom stereocenters. The lowest BCUT2D eigenvalue weighted by molar-refractivity contribution is -0.133. The number of hydrogen-bond donors (Lipinski definition) is 1. The standard InChI is InChI=1S/C16H26N4O3S/c1-3-4-5-14(21)19-10-7-16(8-11-19)15-13(17-12-18-15)6-9-20(16)24(2,22)23/h12H,3-11H2,1-2H3,(H,17,18). The molecule has 1 aromatic rings. The van der Waals surface area contributed by atoms with Gasteiger partial charge in [0.25, 0.3) is 0 Å². The van der Waals surface area contributed by atoms with Gasteiger partial charge in [0.1, 0.15) is 0 Å². The number of unbranched alkanes of at least 4 members (excludes halogenated alkanes) is 1. The van der Waals surface area contributed by atoms with Crippen molar-refractivity contribution in [3.05, 3.63) is 17.7 Å². The third kappa shape index (κ3) is 2.97. The molecule has 3 heterocycles.